The summed E-state index contributed by atoms with van der Waals surface area (Å²) in [6.45, 7) is 0. The highest BCUT2D eigenvalue weighted by atomic mass is 79.9. The van der Waals surface area contributed by atoms with Crippen LogP contribution < -0.4 is 11.3 Å². The van der Waals surface area contributed by atoms with Crippen molar-refractivity contribution in [2.45, 2.75) is 0 Å². The van der Waals surface area contributed by atoms with E-state index in [-0.39, 0.29) is 0 Å². The Morgan fingerprint density at radius 1 is 1.00 bits per heavy atom. The van der Waals surface area contributed by atoms with Gasteiger partial charge < -0.3 is 5.43 Å². The van der Waals surface area contributed by atoms with Gasteiger partial charge in [0, 0.05) is 10.0 Å². The van der Waals surface area contributed by atoms with Crippen molar-refractivity contribution in [2.24, 2.45) is 10.8 Å². The molecule has 0 aliphatic carbocycles. The van der Waals surface area contributed by atoms with Crippen molar-refractivity contribution in [3.63, 3.8) is 0 Å². The number of rotatable bonds is 2. The summed E-state index contributed by atoms with van der Waals surface area (Å²) in [5, 5.41) is 0. The third kappa shape index (κ3) is 3.15. The number of benzene rings is 2. The number of hydrogen-bond acceptors (Lipinski definition) is 2. The molecular weight excluding hydrogens is 278 g/mol. The minimum atomic E-state index is 0.642. The number of hydrogen-bond donors (Lipinski definition) is 2. The Morgan fingerprint density at radius 3 is 2.24 bits per heavy atom. The molecule has 3 nitrogen and oxygen atoms in total. The molecule has 4 heteroatoms. The van der Waals surface area contributed by atoms with Crippen LogP contribution in [-0.4, -0.2) is 5.84 Å². The van der Waals surface area contributed by atoms with Crippen molar-refractivity contribution in [2.75, 3.05) is 0 Å². The second kappa shape index (κ2) is 5.61. The van der Waals surface area contributed by atoms with E-state index in [0.29, 0.717) is 5.84 Å². The lowest BCUT2D eigenvalue weighted by Gasteiger charge is -2.05. The molecule has 0 amide bonds. The summed E-state index contributed by atoms with van der Waals surface area (Å²) >= 11 is 3.39. The van der Waals surface area contributed by atoms with Gasteiger partial charge in [-0.15, -0.1) is 0 Å². The van der Waals surface area contributed by atoms with Crippen molar-refractivity contribution < 1.29 is 0 Å². The summed E-state index contributed by atoms with van der Waals surface area (Å²) in [6, 6.07) is 17.5. The Hall–Kier alpha value is -1.65. The molecule has 17 heavy (non-hydrogen) atoms. The molecule has 2 aromatic carbocycles. The summed E-state index contributed by atoms with van der Waals surface area (Å²) < 4.78 is 1.03. The maximum atomic E-state index is 5.50. The van der Waals surface area contributed by atoms with Crippen molar-refractivity contribution in [3.05, 3.63) is 64.6 Å². The zero-order valence-corrected chi connectivity index (χ0v) is 10.7. The van der Waals surface area contributed by atoms with E-state index < -0.39 is 0 Å². The summed E-state index contributed by atoms with van der Waals surface area (Å²) in [5.74, 6) is 6.14. The maximum Gasteiger partial charge on any atom is 0.147 e. The highest BCUT2D eigenvalue weighted by Gasteiger charge is 2.01. The van der Waals surface area contributed by atoms with E-state index in [9.17, 15) is 0 Å². The molecule has 0 aromatic heterocycles. The minimum Gasteiger partial charge on any atom is -0.308 e. The predicted molar refractivity (Wildman–Crippen MR) is 74.1 cm³/mol. The highest BCUT2D eigenvalue weighted by molar-refractivity contribution is 9.10. The lowest BCUT2D eigenvalue weighted by molar-refractivity contribution is 1.02. The first kappa shape index (κ1) is 11.8. The number of nitrogens with two attached hydrogens (primary N) is 1. The fourth-order valence-corrected chi connectivity index (χ4v) is 1.68. The molecule has 0 radical (unpaired) electrons. The molecule has 0 fully saturated rings. The SMILES string of the molecule is NNC(=Nc1ccccc1)c1ccc(Br)cc1. The van der Waals surface area contributed by atoms with Crippen molar-refractivity contribution >= 4 is 27.5 Å². The summed E-state index contributed by atoms with van der Waals surface area (Å²) in [5.41, 5.74) is 4.43. The van der Waals surface area contributed by atoms with E-state index in [0.717, 1.165) is 15.7 Å². The van der Waals surface area contributed by atoms with Crippen LogP contribution in [0.2, 0.25) is 0 Å². The fourth-order valence-electron chi connectivity index (χ4n) is 1.42. The number of hydrazine groups is 1. The molecule has 86 valence electrons. The van der Waals surface area contributed by atoms with Crippen molar-refractivity contribution in [3.8, 4) is 0 Å². The van der Waals surface area contributed by atoms with Gasteiger partial charge >= 0.3 is 0 Å². The molecule has 0 bridgehead atoms. The van der Waals surface area contributed by atoms with Gasteiger partial charge in [-0.1, -0.05) is 46.3 Å². The molecule has 0 saturated heterocycles. The van der Waals surface area contributed by atoms with Gasteiger partial charge in [0.05, 0.1) is 5.69 Å². The van der Waals surface area contributed by atoms with Crippen LogP contribution in [0.5, 0.6) is 0 Å². The van der Waals surface area contributed by atoms with Gasteiger partial charge in [-0.3, -0.25) is 0 Å². The number of amidine groups is 1. The van der Waals surface area contributed by atoms with E-state index in [1.54, 1.807) is 0 Å². The topological polar surface area (TPSA) is 50.4 Å². The number of nitrogens with zero attached hydrogens (tertiary/aromatic N) is 1. The van der Waals surface area contributed by atoms with Gasteiger partial charge in [-0.2, -0.15) is 0 Å². The molecule has 0 aliphatic heterocycles. The summed E-state index contributed by atoms with van der Waals surface area (Å²) in [7, 11) is 0. The average Bonchev–Trinajstić information content (AvgIpc) is 2.38. The molecule has 0 unspecified atom stereocenters. The molecule has 0 saturated carbocycles. The smallest absolute Gasteiger partial charge is 0.147 e. The van der Waals surface area contributed by atoms with Crippen LogP contribution in [0, 0.1) is 0 Å². The normalized spacial score (nSPS) is 11.3. The van der Waals surface area contributed by atoms with Gasteiger partial charge in [0.15, 0.2) is 0 Å². The zero-order chi connectivity index (χ0) is 12.1. The Kier molecular flexibility index (Phi) is 3.90. The second-order valence-corrected chi connectivity index (χ2v) is 4.36. The number of aliphatic imine (C=N–C) groups is 1. The standard InChI is InChI=1S/C13H12BrN3/c14-11-8-6-10(7-9-11)13(17-15)16-12-4-2-1-3-5-12/h1-9H,15H2,(H,16,17). The first-order chi connectivity index (χ1) is 8.29. The van der Waals surface area contributed by atoms with Gasteiger partial charge in [0.25, 0.3) is 0 Å². The van der Waals surface area contributed by atoms with E-state index in [1.165, 1.54) is 0 Å². The highest BCUT2D eigenvalue weighted by Crippen LogP contribution is 2.14. The summed E-state index contributed by atoms with van der Waals surface area (Å²) in [4.78, 5) is 4.44. The Labute approximate surface area is 108 Å². The first-order valence-electron chi connectivity index (χ1n) is 5.16. The largest absolute Gasteiger partial charge is 0.308 e. The Morgan fingerprint density at radius 2 is 1.65 bits per heavy atom. The zero-order valence-electron chi connectivity index (χ0n) is 9.10. The third-order valence-electron chi connectivity index (χ3n) is 2.25. The molecule has 0 heterocycles. The van der Waals surface area contributed by atoms with Gasteiger partial charge in [-0.05, 0) is 24.3 Å². The van der Waals surface area contributed by atoms with Gasteiger partial charge in [0.2, 0.25) is 0 Å². The fraction of sp³-hybridized carbons (Fsp3) is 0. The first-order valence-corrected chi connectivity index (χ1v) is 5.95. The quantitative estimate of drug-likeness (QED) is 0.386. The van der Waals surface area contributed by atoms with Crippen LogP contribution in [0.25, 0.3) is 0 Å². The van der Waals surface area contributed by atoms with E-state index in [4.69, 9.17) is 5.84 Å². The molecule has 3 N–H and O–H groups in total. The molecular formula is C13H12BrN3. The van der Waals surface area contributed by atoms with Gasteiger partial charge in [-0.25, -0.2) is 10.8 Å². The Balaban J connectivity index is 2.34. The molecule has 2 rings (SSSR count). The molecule has 0 atom stereocenters. The van der Waals surface area contributed by atoms with E-state index >= 15 is 0 Å². The molecule has 0 aliphatic rings. The van der Waals surface area contributed by atoms with Gasteiger partial charge in [0.1, 0.15) is 5.84 Å². The lowest BCUT2D eigenvalue weighted by atomic mass is 10.2. The maximum absolute atomic E-state index is 5.50. The van der Waals surface area contributed by atoms with Crippen LogP contribution in [0.4, 0.5) is 5.69 Å². The predicted octanol–water partition coefficient (Wildman–Crippen LogP) is 2.99. The summed E-state index contributed by atoms with van der Waals surface area (Å²) in [6.07, 6.45) is 0. The number of halogens is 1. The van der Waals surface area contributed by atoms with Crippen molar-refractivity contribution in [1.82, 2.24) is 5.43 Å². The second-order valence-electron chi connectivity index (χ2n) is 3.45. The monoisotopic (exact) mass is 289 g/mol. The lowest BCUT2D eigenvalue weighted by Crippen LogP contribution is -2.30. The Bertz CT molecular complexity index is 506. The van der Waals surface area contributed by atoms with Crippen LogP contribution in [0.3, 0.4) is 0 Å². The van der Waals surface area contributed by atoms with Crippen LogP contribution in [0.1, 0.15) is 5.56 Å². The average molecular weight is 290 g/mol. The number of nitrogens with one attached hydrogen (secondary N) is 1. The van der Waals surface area contributed by atoms with E-state index in [2.05, 4.69) is 26.3 Å². The van der Waals surface area contributed by atoms with E-state index in [1.807, 2.05) is 54.6 Å². The third-order valence-corrected chi connectivity index (χ3v) is 2.78. The molecule has 0 spiro atoms. The van der Waals surface area contributed by atoms with Crippen LogP contribution in [0.15, 0.2) is 64.1 Å². The number of para-hydroxylation sites is 1. The van der Waals surface area contributed by atoms with Crippen molar-refractivity contribution in [1.29, 1.82) is 0 Å². The minimum absolute atomic E-state index is 0.642. The molecule has 2 aromatic rings. The van der Waals surface area contributed by atoms with Crippen LogP contribution in [-0.2, 0) is 0 Å². The van der Waals surface area contributed by atoms with Crippen LogP contribution >= 0.6 is 15.9 Å².